The topological polar surface area (TPSA) is 66.9 Å². The molecule has 2 bridgehead atoms. The van der Waals surface area contributed by atoms with Crippen LogP contribution < -0.4 is 9.64 Å². The van der Waals surface area contributed by atoms with Gasteiger partial charge in [-0.1, -0.05) is 47.5 Å². The van der Waals surface area contributed by atoms with Crippen molar-refractivity contribution >= 4 is 46.6 Å². The summed E-state index contributed by atoms with van der Waals surface area (Å²) < 4.78 is 5.49. The van der Waals surface area contributed by atoms with Gasteiger partial charge in [0.2, 0.25) is 11.8 Å². The molecule has 174 valence electrons. The number of anilines is 1. The third kappa shape index (κ3) is 3.12. The Bertz CT molecular complexity index is 1230. The molecule has 34 heavy (non-hydrogen) atoms. The van der Waals surface area contributed by atoms with Gasteiger partial charge >= 0.3 is 0 Å². The summed E-state index contributed by atoms with van der Waals surface area (Å²) in [7, 11) is 1.51. The first-order valence-corrected chi connectivity index (χ1v) is 12.1. The molecular formula is C26H22Cl2N2O4. The summed E-state index contributed by atoms with van der Waals surface area (Å²) in [4.78, 5) is 43.5. The number of nitrogens with zero attached hydrogens (tertiary/aromatic N) is 2. The Morgan fingerprint density at radius 3 is 2.26 bits per heavy atom. The fraction of sp³-hybridized carbons (Fsp3) is 0.346. The van der Waals surface area contributed by atoms with E-state index >= 15 is 0 Å². The average molecular weight is 497 g/mol. The van der Waals surface area contributed by atoms with Crippen molar-refractivity contribution in [1.82, 2.24) is 4.90 Å². The predicted molar refractivity (Wildman–Crippen MR) is 128 cm³/mol. The van der Waals surface area contributed by atoms with Gasteiger partial charge < -0.3 is 4.74 Å². The lowest BCUT2D eigenvalue weighted by Gasteiger charge is -2.37. The van der Waals surface area contributed by atoms with E-state index in [4.69, 9.17) is 27.9 Å². The summed E-state index contributed by atoms with van der Waals surface area (Å²) in [6.07, 6.45) is 5.36. The highest BCUT2D eigenvalue weighted by Crippen LogP contribution is 2.65. The number of para-hydroxylation sites is 2. The normalized spacial score (nSPS) is 30.3. The molecule has 0 N–H and O–H groups in total. The van der Waals surface area contributed by atoms with Gasteiger partial charge in [-0.15, -0.1) is 0 Å². The lowest BCUT2D eigenvalue weighted by molar-refractivity contribution is -0.140. The standard InChI is InChI=1S/C26H22Cl2N2O4/c1-34-21-5-3-2-4-20(21)29(24(31)13-6-9-18(27)19(28)10-13)12-30-25(32)22-14-7-8-15(17-11-16(14)17)23(22)26(30)33/h2-10,14-17,22-23H,11-12H2,1H3/t14-,15-,16-,17+,22-,23-/m1/s1. The molecule has 3 fully saturated rings. The minimum atomic E-state index is -0.414. The van der Waals surface area contributed by atoms with E-state index in [0.717, 1.165) is 6.42 Å². The molecule has 4 aliphatic carbocycles. The number of hydrogen-bond donors (Lipinski definition) is 0. The quantitative estimate of drug-likeness (QED) is 0.445. The highest BCUT2D eigenvalue weighted by atomic mass is 35.5. The molecule has 1 saturated heterocycles. The zero-order valence-electron chi connectivity index (χ0n) is 18.4. The Morgan fingerprint density at radius 1 is 1.00 bits per heavy atom. The highest BCUT2D eigenvalue weighted by Gasteiger charge is 2.67. The van der Waals surface area contributed by atoms with E-state index in [9.17, 15) is 14.4 Å². The third-order valence-electron chi connectivity index (χ3n) is 7.82. The van der Waals surface area contributed by atoms with Gasteiger partial charge in [0.15, 0.2) is 0 Å². The number of carbonyl (C=O) groups excluding carboxylic acids is 3. The van der Waals surface area contributed by atoms with Gasteiger partial charge in [0.25, 0.3) is 5.91 Å². The second-order valence-corrected chi connectivity index (χ2v) is 10.2. The van der Waals surface area contributed by atoms with Crippen LogP contribution in [0.15, 0.2) is 54.6 Å². The summed E-state index contributed by atoms with van der Waals surface area (Å²) in [5.41, 5.74) is 0.750. The molecule has 1 heterocycles. The number of allylic oxidation sites excluding steroid dienone is 2. The lowest BCUT2D eigenvalue weighted by Crippen LogP contribution is -2.45. The molecule has 0 unspecified atom stereocenters. The number of hydrogen-bond acceptors (Lipinski definition) is 4. The number of amides is 3. The van der Waals surface area contributed by atoms with Crippen LogP contribution in [-0.2, 0) is 9.59 Å². The first-order valence-electron chi connectivity index (χ1n) is 11.3. The van der Waals surface area contributed by atoms with Crippen molar-refractivity contribution in [3.63, 3.8) is 0 Å². The van der Waals surface area contributed by atoms with Crippen LogP contribution in [0.3, 0.4) is 0 Å². The van der Waals surface area contributed by atoms with Crippen LogP contribution >= 0.6 is 23.2 Å². The number of benzene rings is 2. The SMILES string of the molecule is COc1ccccc1N(CN1C(=O)[C@@H]2[C@@H]3C=C[C@H]([C@@H]4C[C@H]34)[C@H]2C1=O)C(=O)c1ccc(Cl)c(Cl)c1. The molecule has 5 aliphatic rings. The molecule has 6 nitrogen and oxygen atoms in total. The molecule has 7 rings (SSSR count). The van der Waals surface area contributed by atoms with Crippen LogP contribution in [0.1, 0.15) is 16.8 Å². The number of halogens is 2. The van der Waals surface area contributed by atoms with Crippen molar-refractivity contribution in [3.8, 4) is 5.75 Å². The highest BCUT2D eigenvalue weighted by molar-refractivity contribution is 6.42. The second-order valence-electron chi connectivity index (χ2n) is 9.43. The van der Waals surface area contributed by atoms with Gasteiger partial charge in [-0.2, -0.15) is 0 Å². The molecule has 6 atom stereocenters. The minimum absolute atomic E-state index is 0.118. The van der Waals surface area contributed by atoms with E-state index in [0.29, 0.717) is 33.9 Å². The summed E-state index contributed by atoms with van der Waals surface area (Å²) in [5, 5.41) is 0.575. The fourth-order valence-corrected chi connectivity index (χ4v) is 6.49. The van der Waals surface area contributed by atoms with E-state index in [1.165, 1.54) is 23.0 Å². The summed E-state index contributed by atoms with van der Waals surface area (Å²) in [5.74, 6) is 0.253. The van der Waals surface area contributed by atoms with Crippen molar-refractivity contribution < 1.29 is 19.1 Å². The molecule has 8 heteroatoms. The Labute approximate surface area is 207 Å². The number of likely N-dealkylation sites (tertiary alicyclic amines) is 1. The zero-order chi connectivity index (χ0) is 23.7. The van der Waals surface area contributed by atoms with E-state index < -0.39 is 5.91 Å². The van der Waals surface area contributed by atoms with Crippen LogP contribution in [0.5, 0.6) is 5.75 Å². The number of rotatable bonds is 5. The minimum Gasteiger partial charge on any atom is -0.495 e. The van der Waals surface area contributed by atoms with Crippen LogP contribution in [0.25, 0.3) is 0 Å². The molecule has 0 radical (unpaired) electrons. The average Bonchev–Trinajstić information content (AvgIpc) is 3.64. The zero-order valence-corrected chi connectivity index (χ0v) is 19.9. The van der Waals surface area contributed by atoms with Gasteiger partial charge in [-0.3, -0.25) is 24.2 Å². The smallest absolute Gasteiger partial charge is 0.259 e. The molecule has 2 aromatic carbocycles. The number of methoxy groups -OCH3 is 1. The molecular weight excluding hydrogens is 475 g/mol. The maximum absolute atomic E-state index is 13.7. The van der Waals surface area contributed by atoms with E-state index in [2.05, 4.69) is 12.2 Å². The first-order chi connectivity index (χ1) is 16.4. The van der Waals surface area contributed by atoms with E-state index in [-0.39, 0.29) is 47.2 Å². The second kappa shape index (κ2) is 7.85. The van der Waals surface area contributed by atoms with Crippen molar-refractivity contribution in [1.29, 1.82) is 0 Å². The maximum atomic E-state index is 13.7. The Morgan fingerprint density at radius 2 is 1.65 bits per heavy atom. The summed E-state index contributed by atoms with van der Waals surface area (Å²) in [6.45, 7) is -0.196. The van der Waals surface area contributed by atoms with Crippen LogP contribution in [0.4, 0.5) is 5.69 Å². The number of ether oxygens (including phenoxy) is 1. The first kappa shape index (κ1) is 21.7. The predicted octanol–water partition coefficient (Wildman–Crippen LogP) is 4.66. The molecule has 3 amide bonds. The van der Waals surface area contributed by atoms with E-state index in [1.807, 2.05) is 0 Å². The van der Waals surface area contributed by atoms with E-state index in [1.54, 1.807) is 36.4 Å². The van der Waals surface area contributed by atoms with Gasteiger partial charge in [0, 0.05) is 5.56 Å². The largest absolute Gasteiger partial charge is 0.495 e. The van der Waals surface area contributed by atoms with Gasteiger partial charge in [0.05, 0.1) is 34.7 Å². The molecule has 0 aromatic heterocycles. The number of imide groups is 1. The van der Waals surface area contributed by atoms with Crippen LogP contribution in [0, 0.1) is 35.5 Å². The van der Waals surface area contributed by atoms with Crippen molar-refractivity contribution in [2.45, 2.75) is 6.42 Å². The van der Waals surface area contributed by atoms with Gasteiger partial charge in [0.1, 0.15) is 12.4 Å². The summed E-state index contributed by atoms with van der Waals surface area (Å²) in [6, 6.07) is 11.6. The van der Waals surface area contributed by atoms with Crippen LogP contribution in [-0.4, -0.2) is 36.4 Å². The molecule has 1 aliphatic heterocycles. The number of carbonyl (C=O) groups is 3. The third-order valence-corrected chi connectivity index (χ3v) is 8.56. The van der Waals surface area contributed by atoms with Crippen molar-refractivity contribution in [3.05, 3.63) is 70.2 Å². The molecule has 2 aromatic rings. The lowest BCUT2D eigenvalue weighted by atomic mass is 9.63. The molecule has 2 saturated carbocycles. The van der Waals surface area contributed by atoms with Crippen molar-refractivity contribution in [2.75, 3.05) is 18.7 Å². The molecule has 0 spiro atoms. The van der Waals surface area contributed by atoms with Crippen molar-refractivity contribution in [2.24, 2.45) is 35.5 Å². The van der Waals surface area contributed by atoms with Gasteiger partial charge in [-0.25, -0.2) is 0 Å². The monoisotopic (exact) mass is 496 g/mol. The maximum Gasteiger partial charge on any atom is 0.259 e. The Hall–Kier alpha value is -2.83. The van der Waals surface area contributed by atoms with Gasteiger partial charge in [-0.05, 0) is 60.4 Å². The summed E-state index contributed by atoms with van der Waals surface area (Å²) >= 11 is 12.2. The Balaban J connectivity index is 1.37. The fourth-order valence-electron chi connectivity index (χ4n) is 6.19. The van der Waals surface area contributed by atoms with Crippen LogP contribution in [0.2, 0.25) is 10.0 Å². The Kier molecular flexibility index (Phi) is 5.01.